The Hall–Kier alpha value is -2.26. The summed E-state index contributed by atoms with van der Waals surface area (Å²) in [7, 11) is 0. The summed E-state index contributed by atoms with van der Waals surface area (Å²) in [6.45, 7) is 0.642. The molecule has 0 radical (unpaired) electrons. The van der Waals surface area contributed by atoms with Crippen LogP contribution in [0.1, 0.15) is 36.8 Å². The number of carbonyl (C=O) groups is 1. The van der Waals surface area contributed by atoms with E-state index in [0.29, 0.717) is 11.6 Å². The molecule has 1 aromatic heterocycles. The summed E-state index contributed by atoms with van der Waals surface area (Å²) >= 11 is 6.18. The zero-order valence-corrected chi connectivity index (χ0v) is 15.5. The second-order valence-electron chi connectivity index (χ2n) is 7.16. The van der Waals surface area contributed by atoms with Crippen LogP contribution in [0.3, 0.4) is 0 Å². The molecule has 1 fully saturated rings. The van der Waals surface area contributed by atoms with Gasteiger partial charge in [0.1, 0.15) is 0 Å². The number of aromatic amines is 1. The molecule has 2 N–H and O–H groups in total. The van der Waals surface area contributed by atoms with Gasteiger partial charge in [0.05, 0.1) is 5.41 Å². The van der Waals surface area contributed by atoms with Crippen molar-refractivity contribution in [3.05, 3.63) is 70.9 Å². The van der Waals surface area contributed by atoms with Crippen molar-refractivity contribution in [3.63, 3.8) is 0 Å². The zero-order chi connectivity index (χ0) is 18.0. The van der Waals surface area contributed by atoms with Crippen LogP contribution in [0.5, 0.6) is 0 Å². The number of carbonyl (C=O) groups excluding carboxylic acids is 1. The number of fused-ring (bicyclic) bond motifs is 1. The van der Waals surface area contributed by atoms with Crippen LogP contribution >= 0.6 is 11.6 Å². The van der Waals surface area contributed by atoms with Gasteiger partial charge in [-0.05, 0) is 48.6 Å². The van der Waals surface area contributed by atoms with Crippen molar-refractivity contribution in [2.24, 2.45) is 0 Å². The van der Waals surface area contributed by atoms with Gasteiger partial charge in [-0.3, -0.25) is 4.79 Å². The summed E-state index contributed by atoms with van der Waals surface area (Å²) in [4.78, 5) is 16.4. The van der Waals surface area contributed by atoms with Crippen LogP contribution in [0.4, 0.5) is 0 Å². The van der Waals surface area contributed by atoms with Gasteiger partial charge >= 0.3 is 0 Å². The third-order valence-corrected chi connectivity index (χ3v) is 5.86. The average Bonchev–Trinajstić information content (AvgIpc) is 3.30. The van der Waals surface area contributed by atoms with Crippen LogP contribution < -0.4 is 5.32 Å². The third-order valence-electron chi connectivity index (χ3n) is 5.62. The Morgan fingerprint density at radius 1 is 1.12 bits per heavy atom. The lowest BCUT2D eigenvalue weighted by Crippen LogP contribution is -2.43. The van der Waals surface area contributed by atoms with E-state index in [0.717, 1.165) is 43.2 Å². The van der Waals surface area contributed by atoms with Gasteiger partial charge in [-0.2, -0.15) is 0 Å². The first kappa shape index (κ1) is 17.2. The van der Waals surface area contributed by atoms with Crippen molar-refractivity contribution in [2.75, 3.05) is 6.54 Å². The molecule has 26 heavy (non-hydrogen) atoms. The number of H-pyrrole nitrogens is 1. The van der Waals surface area contributed by atoms with Crippen LogP contribution in [0.2, 0.25) is 5.02 Å². The Balaban J connectivity index is 1.47. The second kappa shape index (κ2) is 7.16. The van der Waals surface area contributed by atoms with Gasteiger partial charge in [-0.1, -0.05) is 54.8 Å². The highest BCUT2D eigenvalue weighted by Crippen LogP contribution is 2.42. The molecular weight excluding hydrogens is 344 g/mol. The molecule has 2 aromatic carbocycles. The van der Waals surface area contributed by atoms with E-state index < -0.39 is 5.41 Å². The molecule has 4 heteroatoms. The van der Waals surface area contributed by atoms with E-state index in [2.05, 4.69) is 22.4 Å². The number of hydrogen-bond donors (Lipinski definition) is 2. The maximum atomic E-state index is 13.1. The van der Waals surface area contributed by atoms with E-state index in [1.165, 1.54) is 10.9 Å². The van der Waals surface area contributed by atoms with E-state index in [1.54, 1.807) is 0 Å². The predicted molar refractivity (Wildman–Crippen MR) is 107 cm³/mol. The molecule has 1 saturated carbocycles. The maximum Gasteiger partial charge on any atom is 0.230 e. The minimum Gasteiger partial charge on any atom is -0.361 e. The molecule has 0 atom stereocenters. The second-order valence-corrected chi connectivity index (χ2v) is 7.60. The lowest BCUT2D eigenvalue weighted by molar-refractivity contribution is -0.126. The average molecular weight is 367 g/mol. The molecule has 4 rings (SSSR count). The standard InChI is InChI=1S/C22H23ClN2O/c23-18-7-5-6-17(14-18)22(11-3-4-12-22)21(26)24-13-10-16-15-25-20-9-2-1-8-19(16)20/h1-2,5-9,14-15,25H,3-4,10-13H2,(H,24,26). The number of para-hydroxylation sites is 1. The summed E-state index contributed by atoms with van der Waals surface area (Å²) in [6.07, 6.45) is 6.82. The monoisotopic (exact) mass is 366 g/mol. The Morgan fingerprint density at radius 3 is 2.73 bits per heavy atom. The summed E-state index contributed by atoms with van der Waals surface area (Å²) in [5, 5.41) is 5.11. The van der Waals surface area contributed by atoms with Gasteiger partial charge in [0.25, 0.3) is 0 Å². The highest BCUT2D eigenvalue weighted by Gasteiger charge is 2.42. The van der Waals surface area contributed by atoms with Crippen LogP contribution in [-0.4, -0.2) is 17.4 Å². The van der Waals surface area contributed by atoms with E-state index >= 15 is 0 Å². The summed E-state index contributed by atoms with van der Waals surface area (Å²) in [5.41, 5.74) is 3.00. The minimum absolute atomic E-state index is 0.136. The number of halogens is 1. The lowest BCUT2D eigenvalue weighted by Gasteiger charge is -2.28. The molecule has 3 nitrogen and oxygen atoms in total. The summed E-state index contributed by atoms with van der Waals surface area (Å²) in [5.74, 6) is 0.136. The molecule has 0 spiro atoms. The van der Waals surface area contributed by atoms with E-state index in [-0.39, 0.29) is 5.91 Å². The first-order chi connectivity index (χ1) is 12.7. The Morgan fingerprint density at radius 2 is 1.92 bits per heavy atom. The van der Waals surface area contributed by atoms with Crippen molar-refractivity contribution in [1.82, 2.24) is 10.3 Å². The topological polar surface area (TPSA) is 44.9 Å². The van der Waals surface area contributed by atoms with Crippen LogP contribution in [-0.2, 0) is 16.6 Å². The molecule has 134 valence electrons. The summed E-state index contributed by atoms with van der Waals surface area (Å²) in [6, 6.07) is 16.1. The molecule has 3 aromatic rings. The van der Waals surface area contributed by atoms with Gasteiger partial charge < -0.3 is 10.3 Å². The Kier molecular flexibility index (Phi) is 4.73. The van der Waals surface area contributed by atoms with Crippen molar-refractivity contribution in [1.29, 1.82) is 0 Å². The van der Waals surface area contributed by atoms with Gasteiger partial charge in [-0.25, -0.2) is 0 Å². The fourth-order valence-corrected chi connectivity index (χ4v) is 4.42. The SMILES string of the molecule is O=C(NCCc1c[nH]c2ccccc12)C1(c2cccc(Cl)c2)CCCC1. The normalized spacial score (nSPS) is 16.0. The highest BCUT2D eigenvalue weighted by molar-refractivity contribution is 6.30. The molecule has 0 unspecified atom stereocenters. The van der Waals surface area contributed by atoms with E-state index in [9.17, 15) is 4.79 Å². The van der Waals surface area contributed by atoms with Gasteiger partial charge in [0.15, 0.2) is 0 Å². The third kappa shape index (κ3) is 3.12. The fourth-order valence-electron chi connectivity index (χ4n) is 4.23. The molecule has 1 aliphatic rings. The van der Waals surface area contributed by atoms with Crippen LogP contribution in [0.25, 0.3) is 10.9 Å². The predicted octanol–water partition coefficient (Wildman–Crippen LogP) is 4.99. The number of amides is 1. The number of nitrogens with one attached hydrogen (secondary N) is 2. The molecule has 1 amide bonds. The summed E-state index contributed by atoms with van der Waals surface area (Å²) < 4.78 is 0. The van der Waals surface area contributed by atoms with Gasteiger partial charge in [-0.15, -0.1) is 0 Å². The van der Waals surface area contributed by atoms with Crippen molar-refractivity contribution < 1.29 is 4.79 Å². The van der Waals surface area contributed by atoms with Crippen molar-refractivity contribution in [2.45, 2.75) is 37.5 Å². The Bertz CT molecular complexity index is 925. The lowest BCUT2D eigenvalue weighted by atomic mass is 9.78. The molecular formula is C22H23ClN2O. The van der Waals surface area contributed by atoms with E-state index in [4.69, 9.17) is 11.6 Å². The van der Waals surface area contributed by atoms with E-state index in [1.807, 2.05) is 42.6 Å². The first-order valence-electron chi connectivity index (χ1n) is 9.28. The van der Waals surface area contributed by atoms with Crippen molar-refractivity contribution >= 4 is 28.4 Å². The largest absolute Gasteiger partial charge is 0.361 e. The molecule has 0 saturated heterocycles. The number of benzene rings is 2. The van der Waals surface area contributed by atoms with Gasteiger partial charge in [0.2, 0.25) is 5.91 Å². The molecule has 1 heterocycles. The smallest absolute Gasteiger partial charge is 0.230 e. The van der Waals surface area contributed by atoms with Crippen LogP contribution in [0.15, 0.2) is 54.7 Å². The minimum atomic E-state index is -0.425. The van der Waals surface area contributed by atoms with Gasteiger partial charge in [0, 0.05) is 28.7 Å². The maximum absolute atomic E-state index is 13.1. The van der Waals surface area contributed by atoms with Crippen molar-refractivity contribution in [3.8, 4) is 0 Å². The number of aromatic nitrogens is 1. The fraction of sp³-hybridized carbons (Fsp3) is 0.318. The number of hydrogen-bond acceptors (Lipinski definition) is 1. The molecule has 0 bridgehead atoms. The quantitative estimate of drug-likeness (QED) is 0.656. The number of rotatable bonds is 5. The first-order valence-corrected chi connectivity index (χ1v) is 9.66. The van der Waals surface area contributed by atoms with Crippen LogP contribution in [0, 0.1) is 0 Å². The zero-order valence-electron chi connectivity index (χ0n) is 14.7. The Labute approximate surface area is 158 Å². The molecule has 1 aliphatic carbocycles. The highest BCUT2D eigenvalue weighted by atomic mass is 35.5. The molecule has 0 aliphatic heterocycles.